The molecule has 156 valence electrons. The lowest BCUT2D eigenvalue weighted by Crippen LogP contribution is -2.11. The van der Waals surface area contributed by atoms with Crippen LogP contribution >= 0.6 is 0 Å². The number of hydrogen-bond donors (Lipinski definition) is 0. The van der Waals surface area contributed by atoms with Crippen molar-refractivity contribution >= 4 is 5.57 Å². The van der Waals surface area contributed by atoms with Crippen LogP contribution in [0.1, 0.15) is 29.2 Å². The molecule has 4 aromatic carbocycles. The minimum Gasteiger partial charge on any atom is -0.207 e. The molecule has 0 spiro atoms. The van der Waals surface area contributed by atoms with E-state index in [1.807, 2.05) is 12.1 Å². The van der Waals surface area contributed by atoms with Crippen LogP contribution in [-0.4, -0.2) is 0 Å². The predicted octanol–water partition coefficient (Wildman–Crippen LogP) is 7.56. The minimum absolute atomic E-state index is 0.239. The van der Waals surface area contributed by atoms with Crippen LogP contribution in [0.3, 0.4) is 0 Å². The first-order chi connectivity index (χ1) is 15.6. The van der Waals surface area contributed by atoms with Crippen LogP contribution in [0.4, 0.5) is 8.78 Å². The van der Waals surface area contributed by atoms with Gasteiger partial charge in [-0.25, -0.2) is 8.78 Å². The second-order valence-electron chi connectivity index (χ2n) is 8.19. The Bertz CT molecular complexity index is 1210. The van der Waals surface area contributed by atoms with E-state index in [1.165, 1.54) is 41.0 Å². The van der Waals surface area contributed by atoms with Gasteiger partial charge in [0.2, 0.25) is 0 Å². The number of benzene rings is 4. The molecule has 4 aromatic rings. The molecule has 0 radical (unpaired) electrons. The van der Waals surface area contributed by atoms with Crippen LogP contribution in [0.5, 0.6) is 0 Å². The average Bonchev–Trinajstić information content (AvgIpc) is 3.44. The highest BCUT2D eigenvalue weighted by Gasteiger charge is 2.59. The van der Waals surface area contributed by atoms with E-state index in [2.05, 4.69) is 61.2 Å². The number of hydrogen-bond acceptors (Lipinski definition) is 0. The van der Waals surface area contributed by atoms with Gasteiger partial charge in [0.1, 0.15) is 11.6 Å². The Labute approximate surface area is 187 Å². The number of halogens is 2. The smallest absolute Gasteiger partial charge is 0.123 e. The molecule has 0 heterocycles. The van der Waals surface area contributed by atoms with Crippen molar-refractivity contribution in [3.05, 3.63) is 154 Å². The summed E-state index contributed by atoms with van der Waals surface area (Å²) in [7, 11) is 0. The van der Waals surface area contributed by atoms with E-state index in [0.29, 0.717) is 0 Å². The third-order valence-corrected chi connectivity index (χ3v) is 6.41. The van der Waals surface area contributed by atoms with E-state index in [-0.39, 0.29) is 23.0 Å². The van der Waals surface area contributed by atoms with Gasteiger partial charge in [0.15, 0.2) is 0 Å². The van der Waals surface area contributed by atoms with Crippen LogP contribution in [0.2, 0.25) is 0 Å². The molecule has 1 atom stereocenters. The fraction of sp³-hybridized carbons (Fsp3) is 0.100. The highest BCUT2D eigenvalue weighted by Crippen LogP contribution is 2.63. The molecule has 5 rings (SSSR count). The van der Waals surface area contributed by atoms with Crippen molar-refractivity contribution in [1.82, 2.24) is 0 Å². The molecule has 0 nitrogen and oxygen atoms in total. The van der Waals surface area contributed by atoms with Gasteiger partial charge in [-0.1, -0.05) is 91.9 Å². The predicted molar refractivity (Wildman–Crippen MR) is 125 cm³/mol. The molecule has 32 heavy (non-hydrogen) atoms. The SMILES string of the molecule is CC1C(=C=C(c2ccc(F)cc2)c2ccc(F)cc2)C1(c1ccccc1)c1ccccc1. The Balaban J connectivity index is 1.78. The molecule has 0 aliphatic heterocycles. The second-order valence-corrected chi connectivity index (χ2v) is 8.19. The average molecular weight is 421 g/mol. The fourth-order valence-corrected chi connectivity index (χ4v) is 4.75. The summed E-state index contributed by atoms with van der Waals surface area (Å²) in [6.45, 7) is 2.22. The lowest BCUT2D eigenvalue weighted by molar-refractivity contribution is 0.627. The largest absolute Gasteiger partial charge is 0.207 e. The van der Waals surface area contributed by atoms with Crippen LogP contribution in [-0.2, 0) is 5.41 Å². The van der Waals surface area contributed by atoms with E-state index in [0.717, 1.165) is 16.7 Å². The third kappa shape index (κ3) is 3.39. The van der Waals surface area contributed by atoms with Crippen LogP contribution in [0.25, 0.3) is 5.57 Å². The molecular weight excluding hydrogens is 398 g/mol. The van der Waals surface area contributed by atoms with E-state index >= 15 is 0 Å². The van der Waals surface area contributed by atoms with Crippen LogP contribution < -0.4 is 0 Å². The molecule has 1 fully saturated rings. The first-order valence-corrected chi connectivity index (χ1v) is 10.7. The van der Waals surface area contributed by atoms with E-state index in [1.54, 1.807) is 24.3 Å². The molecule has 0 amide bonds. The zero-order chi connectivity index (χ0) is 22.1. The molecule has 0 saturated heterocycles. The number of rotatable bonds is 4. The maximum atomic E-state index is 13.6. The molecule has 1 unspecified atom stereocenters. The Morgan fingerprint density at radius 2 is 1.03 bits per heavy atom. The Hall–Kier alpha value is -3.74. The lowest BCUT2D eigenvalue weighted by atomic mass is 9.85. The molecule has 0 N–H and O–H groups in total. The molecular formula is C30H22F2. The van der Waals surface area contributed by atoms with Crippen molar-refractivity contribution in [3.8, 4) is 0 Å². The summed E-state index contributed by atoms with van der Waals surface area (Å²) < 4.78 is 27.2. The summed E-state index contributed by atoms with van der Waals surface area (Å²) in [5.41, 5.74) is 9.55. The van der Waals surface area contributed by atoms with Crippen molar-refractivity contribution in [3.63, 3.8) is 0 Å². The second kappa shape index (κ2) is 8.07. The van der Waals surface area contributed by atoms with Crippen LogP contribution in [0.15, 0.2) is 120 Å². The molecule has 1 saturated carbocycles. The summed E-state index contributed by atoms with van der Waals surface area (Å²) in [6, 6.07) is 33.7. The Morgan fingerprint density at radius 1 is 0.625 bits per heavy atom. The standard InChI is InChI=1S/C30H22F2/c1-21-29(30(21,24-8-4-2-5-9-24)25-10-6-3-7-11-25)20-28(22-12-16-26(31)17-13-22)23-14-18-27(32)19-15-23/h2-19,21H,1H3. The van der Waals surface area contributed by atoms with Gasteiger partial charge < -0.3 is 0 Å². The van der Waals surface area contributed by atoms with Gasteiger partial charge in [-0.3, -0.25) is 0 Å². The van der Waals surface area contributed by atoms with E-state index < -0.39 is 0 Å². The van der Waals surface area contributed by atoms with Gasteiger partial charge in [0.05, 0.1) is 5.41 Å². The topological polar surface area (TPSA) is 0 Å². The van der Waals surface area contributed by atoms with Crippen molar-refractivity contribution in [2.45, 2.75) is 12.3 Å². The van der Waals surface area contributed by atoms with Gasteiger partial charge in [-0.2, -0.15) is 0 Å². The normalized spacial score (nSPS) is 16.3. The first kappa shape index (κ1) is 20.2. The zero-order valence-electron chi connectivity index (χ0n) is 17.7. The van der Waals surface area contributed by atoms with Gasteiger partial charge >= 0.3 is 0 Å². The molecule has 2 heteroatoms. The Morgan fingerprint density at radius 3 is 1.44 bits per heavy atom. The molecule has 1 aliphatic carbocycles. The fourth-order valence-electron chi connectivity index (χ4n) is 4.75. The summed E-state index contributed by atoms with van der Waals surface area (Å²) in [5.74, 6) is -0.340. The highest BCUT2D eigenvalue weighted by atomic mass is 19.1. The van der Waals surface area contributed by atoms with Crippen molar-refractivity contribution < 1.29 is 8.78 Å². The lowest BCUT2D eigenvalue weighted by Gasteiger charge is -2.17. The Kier molecular flexibility index (Phi) is 5.09. The maximum absolute atomic E-state index is 13.6. The van der Waals surface area contributed by atoms with Crippen molar-refractivity contribution in [1.29, 1.82) is 0 Å². The zero-order valence-corrected chi connectivity index (χ0v) is 17.7. The molecule has 0 bridgehead atoms. The summed E-state index contributed by atoms with van der Waals surface area (Å²) in [6.07, 6.45) is 0. The third-order valence-electron chi connectivity index (χ3n) is 6.41. The van der Waals surface area contributed by atoms with Gasteiger partial charge in [-0.15, -0.1) is 5.73 Å². The molecule has 0 aromatic heterocycles. The van der Waals surface area contributed by atoms with E-state index in [9.17, 15) is 8.78 Å². The highest BCUT2D eigenvalue weighted by molar-refractivity contribution is 5.81. The van der Waals surface area contributed by atoms with Gasteiger partial charge in [0, 0.05) is 11.5 Å². The summed E-state index contributed by atoms with van der Waals surface area (Å²) in [5, 5.41) is 0. The first-order valence-electron chi connectivity index (χ1n) is 10.7. The van der Waals surface area contributed by atoms with Gasteiger partial charge in [0.25, 0.3) is 0 Å². The number of allylic oxidation sites excluding steroid dienone is 1. The summed E-state index contributed by atoms with van der Waals surface area (Å²) >= 11 is 0. The maximum Gasteiger partial charge on any atom is 0.123 e. The van der Waals surface area contributed by atoms with Crippen LogP contribution in [0, 0.1) is 17.6 Å². The van der Waals surface area contributed by atoms with Crippen molar-refractivity contribution in [2.75, 3.05) is 0 Å². The quantitative estimate of drug-likeness (QED) is 0.299. The minimum atomic E-state index is -0.289. The van der Waals surface area contributed by atoms with Gasteiger partial charge in [-0.05, 0) is 52.1 Å². The van der Waals surface area contributed by atoms with E-state index in [4.69, 9.17) is 0 Å². The molecule has 1 aliphatic rings. The monoisotopic (exact) mass is 420 g/mol. The van der Waals surface area contributed by atoms with Crippen molar-refractivity contribution in [2.24, 2.45) is 5.92 Å². The summed E-state index contributed by atoms with van der Waals surface area (Å²) in [4.78, 5) is 0.